The standard InChI is InChI=1S/C19H22N2O5/c1-24-14-7-9-15(10-8-14)26-12-11-20-18(22)13-21-17-6-4-3-5-16(17)19(23)25-2/h3-10,21H,11-13H2,1-2H3,(H,20,22). The molecule has 0 heterocycles. The second-order valence-electron chi connectivity index (χ2n) is 5.26. The van der Waals surface area contributed by atoms with E-state index < -0.39 is 5.97 Å². The molecule has 0 saturated carbocycles. The number of para-hydroxylation sites is 1. The highest BCUT2D eigenvalue weighted by Gasteiger charge is 2.11. The molecule has 0 aromatic heterocycles. The molecule has 1 amide bonds. The van der Waals surface area contributed by atoms with Crippen molar-refractivity contribution in [3.63, 3.8) is 0 Å². The lowest BCUT2D eigenvalue weighted by Crippen LogP contribution is -2.33. The summed E-state index contributed by atoms with van der Waals surface area (Å²) in [5, 5.41) is 5.67. The maximum Gasteiger partial charge on any atom is 0.339 e. The summed E-state index contributed by atoms with van der Waals surface area (Å²) in [6, 6.07) is 14.1. The van der Waals surface area contributed by atoms with Crippen molar-refractivity contribution in [3.8, 4) is 11.5 Å². The molecule has 2 rings (SSSR count). The van der Waals surface area contributed by atoms with Gasteiger partial charge in [-0.2, -0.15) is 0 Å². The van der Waals surface area contributed by atoms with Crippen LogP contribution in [0, 0.1) is 0 Å². The number of nitrogens with one attached hydrogen (secondary N) is 2. The molecule has 0 aliphatic heterocycles. The smallest absolute Gasteiger partial charge is 0.339 e. The van der Waals surface area contributed by atoms with Crippen LogP contribution in [0.25, 0.3) is 0 Å². The predicted octanol–water partition coefficient (Wildman–Crippen LogP) is 2.09. The summed E-state index contributed by atoms with van der Waals surface area (Å²) in [6.45, 7) is 0.749. The maximum absolute atomic E-state index is 11.9. The second-order valence-corrected chi connectivity index (χ2v) is 5.26. The summed E-state index contributed by atoms with van der Waals surface area (Å²) in [7, 11) is 2.91. The van der Waals surface area contributed by atoms with Crippen molar-refractivity contribution in [3.05, 3.63) is 54.1 Å². The SMILES string of the molecule is COC(=O)c1ccccc1NCC(=O)NCCOc1ccc(OC)cc1. The van der Waals surface area contributed by atoms with Gasteiger partial charge in [0.1, 0.15) is 18.1 Å². The van der Waals surface area contributed by atoms with Crippen LogP contribution in [0.3, 0.4) is 0 Å². The largest absolute Gasteiger partial charge is 0.497 e. The average molecular weight is 358 g/mol. The van der Waals surface area contributed by atoms with Gasteiger partial charge in [-0.3, -0.25) is 4.79 Å². The van der Waals surface area contributed by atoms with Crippen molar-refractivity contribution in [2.45, 2.75) is 0 Å². The molecule has 0 saturated heterocycles. The van der Waals surface area contributed by atoms with E-state index in [1.54, 1.807) is 55.6 Å². The molecule has 0 aliphatic rings. The van der Waals surface area contributed by atoms with Crippen molar-refractivity contribution >= 4 is 17.6 Å². The molecular formula is C19H22N2O5. The molecule has 0 spiro atoms. The van der Waals surface area contributed by atoms with Crippen LogP contribution in [0.4, 0.5) is 5.69 Å². The first-order valence-electron chi connectivity index (χ1n) is 8.09. The first-order chi connectivity index (χ1) is 12.6. The van der Waals surface area contributed by atoms with Crippen LogP contribution in [0.15, 0.2) is 48.5 Å². The molecule has 0 unspecified atom stereocenters. The zero-order valence-electron chi connectivity index (χ0n) is 14.8. The Hall–Kier alpha value is -3.22. The fraction of sp³-hybridized carbons (Fsp3) is 0.263. The average Bonchev–Trinajstić information content (AvgIpc) is 2.69. The number of rotatable bonds is 9. The van der Waals surface area contributed by atoms with Gasteiger partial charge < -0.3 is 24.8 Å². The van der Waals surface area contributed by atoms with Crippen LogP contribution in [0.2, 0.25) is 0 Å². The third kappa shape index (κ3) is 5.70. The highest BCUT2D eigenvalue weighted by Crippen LogP contribution is 2.17. The minimum Gasteiger partial charge on any atom is -0.497 e. The number of ether oxygens (including phenoxy) is 3. The Kier molecular flexibility index (Phi) is 7.30. The first kappa shape index (κ1) is 19.1. The third-order valence-electron chi connectivity index (χ3n) is 3.52. The Morgan fingerprint density at radius 2 is 1.65 bits per heavy atom. The fourth-order valence-electron chi connectivity index (χ4n) is 2.19. The molecule has 2 aromatic carbocycles. The van der Waals surface area contributed by atoms with Gasteiger partial charge >= 0.3 is 5.97 Å². The molecule has 2 N–H and O–H groups in total. The number of hydrogen-bond acceptors (Lipinski definition) is 6. The Balaban J connectivity index is 1.71. The Morgan fingerprint density at radius 3 is 2.35 bits per heavy atom. The van der Waals surface area contributed by atoms with Crippen LogP contribution in [0.1, 0.15) is 10.4 Å². The zero-order chi connectivity index (χ0) is 18.8. The van der Waals surface area contributed by atoms with Crippen LogP contribution < -0.4 is 20.1 Å². The van der Waals surface area contributed by atoms with E-state index >= 15 is 0 Å². The topological polar surface area (TPSA) is 85.9 Å². The van der Waals surface area contributed by atoms with Gasteiger partial charge in [0.15, 0.2) is 0 Å². The van der Waals surface area contributed by atoms with E-state index in [-0.39, 0.29) is 12.5 Å². The van der Waals surface area contributed by atoms with Gasteiger partial charge in [-0.05, 0) is 36.4 Å². The summed E-state index contributed by atoms with van der Waals surface area (Å²) in [5.41, 5.74) is 0.926. The van der Waals surface area contributed by atoms with E-state index in [0.717, 1.165) is 5.75 Å². The molecule has 0 atom stereocenters. The van der Waals surface area contributed by atoms with Gasteiger partial charge in [-0.1, -0.05) is 12.1 Å². The first-order valence-corrected chi connectivity index (χ1v) is 8.09. The minimum absolute atomic E-state index is 0.0382. The number of anilines is 1. The lowest BCUT2D eigenvalue weighted by Gasteiger charge is -2.11. The van der Waals surface area contributed by atoms with Gasteiger partial charge in [0.05, 0.1) is 32.9 Å². The predicted molar refractivity (Wildman–Crippen MR) is 97.8 cm³/mol. The lowest BCUT2D eigenvalue weighted by atomic mass is 10.2. The molecule has 0 aliphatic carbocycles. The molecular weight excluding hydrogens is 336 g/mol. The van der Waals surface area contributed by atoms with Gasteiger partial charge in [0, 0.05) is 5.69 Å². The van der Waals surface area contributed by atoms with Crippen molar-refractivity contribution in [1.29, 1.82) is 0 Å². The molecule has 0 fully saturated rings. The number of amides is 1. The third-order valence-corrected chi connectivity index (χ3v) is 3.52. The van der Waals surface area contributed by atoms with Gasteiger partial charge in [0.25, 0.3) is 0 Å². The van der Waals surface area contributed by atoms with Crippen LogP contribution in [0.5, 0.6) is 11.5 Å². The molecule has 138 valence electrons. The van der Waals surface area contributed by atoms with E-state index in [1.165, 1.54) is 7.11 Å². The number of carbonyl (C=O) groups is 2. The van der Waals surface area contributed by atoms with Gasteiger partial charge in [-0.25, -0.2) is 4.79 Å². The monoisotopic (exact) mass is 358 g/mol. The van der Waals surface area contributed by atoms with E-state index in [4.69, 9.17) is 14.2 Å². The van der Waals surface area contributed by atoms with Crippen LogP contribution in [-0.4, -0.2) is 45.8 Å². The highest BCUT2D eigenvalue weighted by atomic mass is 16.5. The number of benzene rings is 2. The normalized spacial score (nSPS) is 9.92. The summed E-state index contributed by atoms with van der Waals surface area (Å²) in [5.74, 6) is 0.790. The van der Waals surface area contributed by atoms with Crippen LogP contribution in [-0.2, 0) is 9.53 Å². The zero-order valence-corrected chi connectivity index (χ0v) is 14.8. The van der Waals surface area contributed by atoms with E-state index in [1.807, 2.05) is 0 Å². The van der Waals surface area contributed by atoms with Gasteiger partial charge in [0.2, 0.25) is 5.91 Å². The van der Waals surface area contributed by atoms with Gasteiger partial charge in [-0.15, -0.1) is 0 Å². The quantitative estimate of drug-likeness (QED) is 0.527. The second kappa shape index (κ2) is 9.93. The van der Waals surface area contributed by atoms with E-state index in [0.29, 0.717) is 30.2 Å². The minimum atomic E-state index is -0.457. The summed E-state index contributed by atoms with van der Waals surface area (Å²) in [4.78, 5) is 23.6. The number of hydrogen-bond donors (Lipinski definition) is 2. The van der Waals surface area contributed by atoms with Crippen molar-refractivity contribution < 1.29 is 23.8 Å². The maximum atomic E-state index is 11.9. The summed E-state index contributed by atoms with van der Waals surface area (Å²) >= 11 is 0. The number of esters is 1. The van der Waals surface area contributed by atoms with Crippen LogP contribution >= 0.6 is 0 Å². The molecule has 26 heavy (non-hydrogen) atoms. The summed E-state index contributed by atoms with van der Waals surface area (Å²) < 4.78 is 15.3. The number of methoxy groups -OCH3 is 2. The van der Waals surface area contributed by atoms with Crippen molar-refractivity contribution in [2.24, 2.45) is 0 Å². The molecule has 7 nitrogen and oxygen atoms in total. The number of carbonyl (C=O) groups excluding carboxylic acids is 2. The Labute approximate surface area is 152 Å². The fourth-order valence-corrected chi connectivity index (χ4v) is 2.19. The molecule has 0 radical (unpaired) electrons. The molecule has 0 bridgehead atoms. The van der Waals surface area contributed by atoms with E-state index in [2.05, 4.69) is 10.6 Å². The Bertz CT molecular complexity index is 731. The van der Waals surface area contributed by atoms with Crippen molar-refractivity contribution in [1.82, 2.24) is 5.32 Å². The Morgan fingerprint density at radius 1 is 0.962 bits per heavy atom. The summed E-state index contributed by atoms with van der Waals surface area (Å²) in [6.07, 6.45) is 0. The lowest BCUT2D eigenvalue weighted by molar-refractivity contribution is -0.119. The molecule has 2 aromatic rings. The highest BCUT2D eigenvalue weighted by molar-refractivity contribution is 5.96. The van der Waals surface area contributed by atoms with Crippen molar-refractivity contribution in [2.75, 3.05) is 39.2 Å². The van der Waals surface area contributed by atoms with E-state index in [9.17, 15) is 9.59 Å². The molecule has 7 heteroatoms.